The standard InChI is InChI=1S/C19H24N4O.HI/c1-22-13-7-4-8-18(22)21-19(23-14-5-3-6-15-23)20-16-9-11-17(24-2)12-10-16;/h4,7-13H,3,5-6,14-15H2,1-2H3;1H/b20-19+,21-18-;. The molecule has 1 aliphatic rings. The number of guanidine groups is 1. The van der Waals surface area contributed by atoms with Crippen molar-refractivity contribution in [3.8, 4) is 5.75 Å². The summed E-state index contributed by atoms with van der Waals surface area (Å²) in [6.07, 6.45) is 5.67. The molecule has 0 N–H and O–H groups in total. The van der Waals surface area contributed by atoms with Crippen LogP contribution < -0.4 is 10.2 Å². The first-order valence-electron chi connectivity index (χ1n) is 8.40. The van der Waals surface area contributed by atoms with Gasteiger partial charge in [-0.3, -0.25) is 0 Å². The molecule has 0 atom stereocenters. The molecule has 0 amide bonds. The Bertz CT molecular complexity index is 761. The zero-order chi connectivity index (χ0) is 16.8. The Morgan fingerprint density at radius 2 is 1.72 bits per heavy atom. The van der Waals surface area contributed by atoms with Gasteiger partial charge in [-0.05, 0) is 55.7 Å². The number of methoxy groups -OCH3 is 1. The van der Waals surface area contributed by atoms with Gasteiger partial charge in [-0.1, -0.05) is 6.07 Å². The van der Waals surface area contributed by atoms with Gasteiger partial charge in [-0.25, -0.2) is 4.99 Å². The molecule has 1 aromatic heterocycles. The molecule has 0 radical (unpaired) electrons. The number of aromatic nitrogens is 1. The minimum Gasteiger partial charge on any atom is -0.497 e. The maximum atomic E-state index is 5.22. The molecule has 1 fully saturated rings. The van der Waals surface area contributed by atoms with E-state index >= 15 is 0 Å². The molecule has 3 rings (SSSR count). The van der Waals surface area contributed by atoms with Gasteiger partial charge in [0.05, 0.1) is 12.8 Å². The van der Waals surface area contributed by atoms with Crippen LogP contribution in [0.25, 0.3) is 0 Å². The first-order valence-corrected chi connectivity index (χ1v) is 8.40. The number of aryl methyl sites for hydroxylation is 1. The number of halogens is 1. The zero-order valence-corrected chi connectivity index (χ0v) is 17.1. The summed E-state index contributed by atoms with van der Waals surface area (Å²) in [4.78, 5) is 11.9. The number of ether oxygens (including phenoxy) is 1. The number of aliphatic imine (C=N–C) groups is 1. The van der Waals surface area contributed by atoms with E-state index in [4.69, 9.17) is 14.7 Å². The summed E-state index contributed by atoms with van der Waals surface area (Å²) in [5.41, 5.74) is 1.79. The summed E-state index contributed by atoms with van der Waals surface area (Å²) in [5.74, 6) is 1.61. The zero-order valence-electron chi connectivity index (χ0n) is 14.8. The molecule has 2 heterocycles. The Morgan fingerprint density at radius 1 is 1.00 bits per heavy atom. The third-order valence-electron chi connectivity index (χ3n) is 4.18. The van der Waals surface area contributed by atoms with E-state index in [9.17, 15) is 0 Å². The lowest BCUT2D eigenvalue weighted by Crippen LogP contribution is -2.36. The average Bonchev–Trinajstić information content (AvgIpc) is 2.64. The summed E-state index contributed by atoms with van der Waals surface area (Å²) in [6, 6.07) is 13.8. The normalized spacial score (nSPS) is 15.7. The number of rotatable bonds is 2. The highest BCUT2D eigenvalue weighted by Crippen LogP contribution is 2.19. The molecule has 2 aromatic rings. The van der Waals surface area contributed by atoms with Crippen molar-refractivity contribution in [2.24, 2.45) is 17.0 Å². The third kappa shape index (κ3) is 5.32. The molecule has 1 aromatic carbocycles. The predicted octanol–water partition coefficient (Wildman–Crippen LogP) is 3.73. The van der Waals surface area contributed by atoms with E-state index in [1.807, 2.05) is 60.3 Å². The lowest BCUT2D eigenvalue weighted by Gasteiger charge is -2.27. The number of hydrogen-bond donors (Lipinski definition) is 0. The SMILES string of the molecule is COc1ccc(/N=C(\N=c2\ccccn2C)N2CCCCC2)cc1.I. The van der Waals surface area contributed by atoms with Crippen LogP contribution in [0, 0.1) is 0 Å². The molecule has 0 unspecified atom stereocenters. The molecular formula is C19H25IN4O. The molecule has 1 aliphatic heterocycles. The van der Waals surface area contributed by atoms with E-state index in [0.29, 0.717) is 0 Å². The van der Waals surface area contributed by atoms with Gasteiger partial charge in [0, 0.05) is 26.3 Å². The van der Waals surface area contributed by atoms with Crippen LogP contribution in [0.5, 0.6) is 5.75 Å². The number of benzene rings is 1. The van der Waals surface area contributed by atoms with Crippen molar-refractivity contribution < 1.29 is 4.74 Å². The molecule has 1 saturated heterocycles. The fourth-order valence-corrected chi connectivity index (χ4v) is 2.77. The Morgan fingerprint density at radius 3 is 2.36 bits per heavy atom. The van der Waals surface area contributed by atoms with Crippen molar-refractivity contribution in [2.45, 2.75) is 19.3 Å². The van der Waals surface area contributed by atoms with Crippen LogP contribution in [-0.4, -0.2) is 35.6 Å². The number of hydrogen-bond acceptors (Lipinski definition) is 2. The third-order valence-corrected chi connectivity index (χ3v) is 4.18. The summed E-state index contributed by atoms with van der Waals surface area (Å²) in [7, 11) is 3.67. The molecule has 134 valence electrons. The number of nitrogens with zero attached hydrogens (tertiary/aromatic N) is 4. The topological polar surface area (TPSA) is 42.1 Å². The Hall–Kier alpha value is -1.83. The summed E-state index contributed by atoms with van der Waals surface area (Å²) in [6.45, 7) is 2.02. The maximum absolute atomic E-state index is 5.22. The Labute approximate surface area is 166 Å². The molecule has 6 heteroatoms. The summed E-state index contributed by atoms with van der Waals surface area (Å²) in [5, 5.41) is 0. The largest absolute Gasteiger partial charge is 0.497 e. The van der Waals surface area contributed by atoms with Crippen LogP contribution in [-0.2, 0) is 7.05 Å². The van der Waals surface area contributed by atoms with Crippen LogP contribution >= 0.6 is 24.0 Å². The van der Waals surface area contributed by atoms with Gasteiger partial charge < -0.3 is 14.2 Å². The van der Waals surface area contributed by atoms with Crippen molar-refractivity contribution in [1.82, 2.24) is 9.47 Å². The number of piperidine rings is 1. The predicted molar refractivity (Wildman–Crippen MR) is 112 cm³/mol. The van der Waals surface area contributed by atoms with E-state index in [2.05, 4.69) is 4.90 Å². The van der Waals surface area contributed by atoms with Gasteiger partial charge in [0.2, 0.25) is 5.96 Å². The van der Waals surface area contributed by atoms with Gasteiger partial charge in [-0.2, -0.15) is 4.99 Å². The second-order valence-electron chi connectivity index (χ2n) is 5.94. The Kier molecular flexibility index (Phi) is 7.49. The fraction of sp³-hybridized carbons (Fsp3) is 0.368. The van der Waals surface area contributed by atoms with Crippen molar-refractivity contribution in [2.75, 3.05) is 20.2 Å². The second kappa shape index (κ2) is 9.60. The van der Waals surface area contributed by atoms with Crippen LogP contribution in [0.4, 0.5) is 5.69 Å². The fourth-order valence-electron chi connectivity index (χ4n) is 2.77. The number of pyridine rings is 1. The van der Waals surface area contributed by atoms with Crippen molar-refractivity contribution in [1.29, 1.82) is 0 Å². The van der Waals surface area contributed by atoms with Crippen molar-refractivity contribution in [3.05, 3.63) is 54.1 Å². The van der Waals surface area contributed by atoms with Gasteiger partial charge in [-0.15, -0.1) is 24.0 Å². The number of likely N-dealkylation sites (tertiary alicyclic amines) is 1. The monoisotopic (exact) mass is 452 g/mol. The van der Waals surface area contributed by atoms with Crippen LogP contribution in [0.2, 0.25) is 0 Å². The molecular weight excluding hydrogens is 427 g/mol. The molecule has 5 nitrogen and oxygen atoms in total. The maximum Gasteiger partial charge on any atom is 0.227 e. The lowest BCUT2D eigenvalue weighted by atomic mass is 10.1. The highest BCUT2D eigenvalue weighted by molar-refractivity contribution is 14.0. The lowest BCUT2D eigenvalue weighted by molar-refractivity contribution is 0.338. The van der Waals surface area contributed by atoms with Gasteiger partial charge >= 0.3 is 0 Å². The molecule has 0 spiro atoms. The first-order chi connectivity index (χ1) is 11.8. The highest BCUT2D eigenvalue weighted by Gasteiger charge is 2.14. The van der Waals surface area contributed by atoms with E-state index < -0.39 is 0 Å². The first kappa shape index (κ1) is 19.5. The Balaban J connectivity index is 0.00000225. The minimum atomic E-state index is 0. The van der Waals surface area contributed by atoms with E-state index in [-0.39, 0.29) is 24.0 Å². The van der Waals surface area contributed by atoms with E-state index in [0.717, 1.165) is 36.0 Å². The van der Waals surface area contributed by atoms with Crippen LogP contribution in [0.3, 0.4) is 0 Å². The average molecular weight is 452 g/mol. The van der Waals surface area contributed by atoms with Crippen LogP contribution in [0.15, 0.2) is 58.6 Å². The smallest absolute Gasteiger partial charge is 0.227 e. The summed E-state index contributed by atoms with van der Waals surface area (Å²) >= 11 is 0. The van der Waals surface area contributed by atoms with E-state index in [1.165, 1.54) is 19.3 Å². The quantitative estimate of drug-likeness (QED) is 0.396. The minimum absolute atomic E-state index is 0. The second-order valence-corrected chi connectivity index (χ2v) is 5.94. The van der Waals surface area contributed by atoms with Gasteiger partial charge in [0.15, 0.2) is 0 Å². The molecule has 0 aliphatic carbocycles. The van der Waals surface area contributed by atoms with Crippen molar-refractivity contribution >= 4 is 35.6 Å². The molecule has 0 bridgehead atoms. The van der Waals surface area contributed by atoms with E-state index in [1.54, 1.807) is 7.11 Å². The van der Waals surface area contributed by atoms with Gasteiger partial charge in [0.25, 0.3) is 0 Å². The van der Waals surface area contributed by atoms with Crippen molar-refractivity contribution in [3.63, 3.8) is 0 Å². The molecule has 25 heavy (non-hydrogen) atoms. The van der Waals surface area contributed by atoms with Crippen LogP contribution in [0.1, 0.15) is 19.3 Å². The molecule has 0 saturated carbocycles. The highest BCUT2D eigenvalue weighted by atomic mass is 127. The van der Waals surface area contributed by atoms with Gasteiger partial charge in [0.1, 0.15) is 11.2 Å². The summed E-state index contributed by atoms with van der Waals surface area (Å²) < 4.78 is 7.22.